The fraction of sp³-hybridized carbons (Fsp3) is 0.500. The van der Waals surface area contributed by atoms with E-state index < -0.39 is 5.54 Å². The highest BCUT2D eigenvalue weighted by Gasteiger charge is 2.19. The van der Waals surface area contributed by atoms with Crippen molar-refractivity contribution >= 4 is 0 Å². The van der Waals surface area contributed by atoms with E-state index in [2.05, 4.69) is 4.98 Å². The molecule has 0 unspecified atom stereocenters. The molecule has 0 aliphatic carbocycles. The molecular weight excluding hydrogens is 180 g/mol. The largest absolute Gasteiger partial charge is 0.478 e. The maximum Gasteiger partial charge on any atom is 0.213 e. The number of nitrogens with two attached hydrogens (primary N) is 1. The molecular formula is C10H16N2O2. The Labute approximate surface area is 83.7 Å². The number of pyridine rings is 1. The summed E-state index contributed by atoms with van der Waals surface area (Å²) in [4.78, 5) is 4.07. The molecule has 1 rings (SSSR count). The van der Waals surface area contributed by atoms with E-state index in [-0.39, 0.29) is 6.61 Å². The Morgan fingerprint density at radius 2 is 2.29 bits per heavy atom. The van der Waals surface area contributed by atoms with Gasteiger partial charge in [0.05, 0.1) is 18.8 Å². The third kappa shape index (κ3) is 2.43. The molecule has 14 heavy (non-hydrogen) atoms. The first-order chi connectivity index (χ1) is 6.60. The fourth-order valence-corrected chi connectivity index (χ4v) is 1.04. The van der Waals surface area contributed by atoms with Crippen LogP contribution in [0.2, 0.25) is 0 Å². The topological polar surface area (TPSA) is 68.4 Å². The molecule has 4 heteroatoms. The molecule has 0 saturated carbocycles. The predicted molar refractivity (Wildman–Crippen MR) is 54.0 cm³/mol. The lowest BCUT2D eigenvalue weighted by Gasteiger charge is -2.21. The van der Waals surface area contributed by atoms with Gasteiger partial charge in [0.2, 0.25) is 5.88 Å². The fourth-order valence-electron chi connectivity index (χ4n) is 1.04. The number of hydrogen-bond acceptors (Lipinski definition) is 4. The molecule has 0 aromatic carbocycles. The highest BCUT2D eigenvalue weighted by Crippen LogP contribution is 2.17. The van der Waals surface area contributed by atoms with Crippen LogP contribution in [0.3, 0.4) is 0 Å². The van der Waals surface area contributed by atoms with Crippen molar-refractivity contribution < 1.29 is 9.84 Å². The maximum absolute atomic E-state index is 9.04. The molecule has 0 aliphatic rings. The molecule has 78 valence electrons. The number of rotatable bonds is 4. The lowest BCUT2D eigenvalue weighted by molar-refractivity contribution is 0.209. The number of aromatic nitrogens is 1. The van der Waals surface area contributed by atoms with Gasteiger partial charge < -0.3 is 15.6 Å². The van der Waals surface area contributed by atoms with Gasteiger partial charge in [-0.2, -0.15) is 0 Å². The average molecular weight is 196 g/mol. The summed E-state index contributed by atoms with van der Waals surface area (Å²) in [5.74, 6) is 0.574. The standard InChI is InChI=1S/C10H16N2O2/c1-3-14-9-5-4-8(6-12-9)10(2,11)7-13/h4-6,13H,3,7,11H2,1-2H3/t10-/m1/s1. The van der Waals surface area contributed by atoms with Gasteiger partial charge in [-0.1, -0.05) is 6.07 Å². The zero-order chi connectivity index (χ0) is 10.6. The van der Waals surface area contributed by atoms with E-state index in [4.69, 9.17) is 15.6 Å². The molecule has 0 saturated heterocycles. The smallest absolute Gasteiger partial charge is 0.213 e. The van der Waals surface area contributed by atoms with Gasteiger partial charge in [0.1, 0.15) is 0 Å². The summed E-state index contributed by atoms with van der Waals surface area (Å²) in [5.41, 5.74) is 5.89. The molecule has 0 fully saturated rings. The van der Waals surface area contributed by atoms with Crippen molar-refractivity contribution in [2.24, 2.45) is 5.73 Å². The molecule has 0 aliphatic heterocycles. The van der Waals surface area contributed by atoms with E-state index in [1.807, 2.05) is 13.0 Å². The van der Waals surface area contributed by atoms with E-state index in [1.54, 1.807) is 19.2 Å². The molecule has 1 heterocycles. The number of hydrogen-bond donors (Lipinski definition) is 2. The summed E-state index contributed by atoms with van der Waals surface area (Å²) in [6, 6.07) is 3.56. The quantitative estimate of drug-likeness (QED) is 0.741. The summed E-state index contributed by atoms with van der Waals surface area (Å²) >= 11 is 0. The van der Waals surface area contributed by atoms with Crippen LogP contribution < -0.4 is 10.5 Å². The summed E-state index contributed by atoms with van der Waals surface area (Å²) < 4.78 is 5.19. The molecule has 0 radical (unpaired) electrons. The minimum absolute atomic E-state index is 0.108. The van der Waals surface area contributed by atoms with Gasteiger partial charge in [0, 0.05) is 12.3 Å². The lowest BCUT2D eigenvalue weighted by atomic mass is 9.96. The van der Waals surface area contributed by atoms with E-state index in [0.29, 0.717) is 12.5 Å². The van der Waals surface area contributed by atoms with E-state index >= 15 is 0 Å². The number of aliphatic hydroxyl groups excluding tert-OH is 1. The van der Waals surface area contributed by atoms with Crippen molar-refractivity contribution in [2.45, 2.75) is 19.4 Å². The Hall–Kier alpha value is -1.13. The average Bonchev–Trinajstić information content (AvgIpc) is 2.19. The number of aliphatic hydroxyl groups is 1. The van der Waals surface area contributed by atoms with Crippen LogP contribution in [0.1, 0.15) is 19.4 Å². The molecule has 0 bridgehead atoms. The first-order valence-corrected chi connectivity index (χ1v) is 4.59. The van der Waals surface area contributed by atoms with Crippen LogP contribution in [-0.2, 0) is 5.54 Å². The van der Waals surface area contributed by atoms with Crippen molar-refractivity contribution in [1.29, 1.82) is 0 Å². The molecule has 1 aromatic heterocycles. The monoisotopic (exact) mass is 196 g/mol. The first-order valence-electron chi connectivity index (χ1n) is 4.59. The second-order valence-electron chi connectivity index (χ2n) is 3.39. The van der Waals surface area contributed by atoms with Crippen LogP contribution >= 0.6 is 0 Å². The van der Waals surface area contributed by atoms with E-state index in [9.17, 15) is 0 Å². The maximum atomic E-state index is 9.04. The second kappa shape index (κ2) is 4.39. The molecule has 4 nitrogen and oxygen atoms in total. The van der Waals surface area contributed by atoms with Crippen molar-refractivity contribution in [1.82, 2.24) is 4.98 Å². The normalized spacial score (nSPS) is 14.9. The van der Waals surface area contributed by atoms with Gasteiger partial charge in [-0.3, -0.25) is 0 Å². The first kappa shape index (κ1) is 10.9. The Balaban J connectivity index is 2.82. The molecule has 1 atom stereocenters. The molecule has 0 spiro atoms. The zero-order valence-electron chi connectivity index (χ0n) is 8.53. The van der Waals surface area contributed by atoms with E-state index in [0.717, 1.165) is 5.56 Å². The van der Waals surface area contributed by atoms with Crippen molar-refractivity contribution in [3.05, 3.63) is 23.9 Å². The van der Waals surface area contributed by atoms with Crippen LogP contribution in [0.4, 0.5) is 0 Å². The number of nitrogens with zero attached hydrogens (tertiary/aromatic N) is 1. The Kier molecular flexibility index (Phi) is 3.43. The van der Waals surface area contributed by atoms with Crippen molar-refractivity contribution in [3.63, 3.8) is 0 Å². The summed E-state index contributed by atoms with van der Waals surface area (Å²) in [7, 11) is 0. The predicted octanol–water partition coefficient (Wildman–Crippen LogP) is 0.647. The third-order valence-electron chi connectivity index (χ3n) is 2.02. The highest BCUT2D eigenvalue weighted by atomic mass is 16.5. The van der Waals surface area contributed by atoms with Crippen LogP contribution in [0.15, 0.2) is 18.3 Å². The van der Waals surface area contributed by atoms with Crippen molar-refractivity contribution in [3.8, 4) is 5.88 Å². The molecule has 1 aromatic rings. The SMILES string of the molecule is CCOc1ccc([C@](C)(N)CO)cn1. The van der Waals surface area contributed by atoms with Crippen LogP contribution in [0.25, 0.3) is 0 Å². The summed E-state index contributed by atoms with van der Waals surface area (Å²) in [6.45, 7) is 4.13. The third-order valence-corrected chi connectivity index (χ3v) is 2.02. The second-order valence-corrected chi connectivity index (χ2v) is 3.39. The molecule has 3 N–H and O–H groups in total. The van der Waals surface area contributed by atoms with Gasteiger partial charge in [-0.25, -0.2) is 4.98 Å². The van der Waals surface area contributed by atoms with E-state index in [1.165, 1.54) is 0 Å². The lowest BCUT2D eigenvalue weighted by Crippen LogP contribution is -2.36. The highest BCUT2D eigenvalue weighted by molar-refractivity contribution is 5.24. The number of ether oxygens (including phenoxy) is 1. The van der Waals surface area contributed by atoms with Gasteiger partial charge in [-0.15, -0.1) is 0 Å². The Bertz CT molecular complexity index is 283. The summed E-state index contributed by atoms with van der Waals surface area (Å²) in [6.07, 6.45) is 1.63. The van der Waals surface area contributed by atoms with Gasteiger partial charge in [-0.05, 0) is 19.4 Å². The van der Waals surface area contributed by atoms with Crippen LogP contribution in [-0.4, -0.2) is 23.3 Å². The molecule has 0 amide bonds. The summed E-state index contributed by atoms with van der Waals surface area (Å²) in [5, 5.41) is 9.04. The van der Waals surface area contributed by atoms with Crippen molar-refractivity contribution in [2.75, 3.05) is 13.2 Å². The zero-order valence-corrected chi connectivity index (χ0v) is 8.53. The van der Waals surface area contributed by atoms with Crippen LogP contribution in [0.5, 0.6) is 5.88 Å². The van der Waals surface area contributed by atoms with Gasteiger partial charge in [0.25, 0.3) is 0 Å². The Morgan fingerprint density at radius 3 is 2.71 bits per heavy atom. The van der Waals surface area contributed by atoms with Gasteiger partial charge >= 0.3 is 0 Å². The Morgan fingerprint density at radius 1 is 1.57 bits per heavy atom. The minimum Gasteiger partial charge on any atom is -0.478 e. The van der Waals surface area contributed by atoms with Gasteiger partial charge in [0.15, 0.2) is 0 Å². The minimum atomic E-state index is -0.738. The van der Waals surface area contributed by atoms with Crippen LogP contribution in [0, 0.1) is 0 Å².